The predicted molar refractivity (Wildman–Crippen MR) is 76.2 cm³/mol. The molecule has 0 saturated carbocycles. The van der Waals surface area contributed by atoms with E-state index < -0.39 is 14.6 Å². The molecule has 0 fully saturated rings. The summed E-state index contributed by atoms with van der Waals surface area (Å²) in [4.78, 5) is 12.5. The van der Waals surface area contributed by atoms with Gasteiger partial charge in [-0.15, -0.1) is 0 Å². The van der Waals surface area contributed by atoms with E-state index in [-0.39, 0.29) is 5.78 Å². The maximum absolute atomic E-state index is 12.5. The minimum absolute atomic E-state index is 0.369. The van der Waals surface area contributed by atoms with Crippen LogP contribution in [0.4, 0.5) is 0 Å². The maximum Gasteiger partial charge on any atom is 0.185 e. The summed E-state index contributed by atoms with van der Waals surface area (Å²) in [5.41, 5.74) is 1.36. The van der Waals surface area contributed by atoms with Gasteiger partial charge in [-0.1, -0.05) is 18.2 Å². The number of sulfone groups is 1. The van der Waals surface area contributed by atoms with Crippen LogP contribution in [-0.2, 0) is 16.9 Å². The fourth-order valence-corrected chi connectivity index (χ4v) is 2.46. The number of para-hydroxylation sites is 1. The Hall–Kier alpha value is -1.62. The van der Waals surface area contributed by atoms with E-state index in [1.165, 1.54) is 13.8 Å². The maximum atomic E-state index is 12.5. The molecule has 0 saturated heterocycles. The number of carbonyl (C=O) groups is 1. The molecular formula is C14H17NO3S. The number of fused-ring (bicyclic) bond motifs is 1. The molecular weight excluding hydrogens is 262 g/mol. The lowest BCUT2D eigenvalue weighted by Gasteiger charge is -2.20. The summed E-state index contributed by atoms with van der Waals surface area (Å²) >= 11 is 0. The van der Waals surface area contributed by atoms with E-state index in [0.717, 1.165) is 17.2 Å². The first kappa shape index (κ1) is 13.8. The van der Waals surface area contributed by atoms with E-state index in [2.05, 4.69) is 0 Å². The molecule has 0 aliphatic rings. The molecule has 0 bridgehead atoms. The highest BCUT2D eigenvalue weighted by molar-refractivity contribution is 7.92. The number of nitrogens with zero attached hydrogens (tertiary/aromatic N) is 1. The summed E-state index contributed by atoms with van der Waals surface area (Å²) < 4.78 is 24.0. The number of hydrogen-bond acceptors (Lipinski definition) is 3. The van der Waals surface area contributed by atoms with Gasteiger partial charge in [-0.2, -0.15) is 0 Å². The molecule has 1 heterocycles. The third-order valence-electron chi connectivity index (χ3n) is 3.62. The van der Waals surface area contributed by atoms with Crippen molar-refractivity contribution in [1.82, 2.24) is 4.57 Å². The monoisotopic (exact) mass is 279 g/mol. The van der Waals surface area contributed by atoms with Gasteiger partial charge in [0.05, 0.1) is 0 Å². The van der Waals surface area contributed by atoms with Gasteiger partial charge >= 0.3 is 0 Å². The van der Waals surface area contributed by atoms with Crippen LogP contribution in [0.2, 0.25) is 0 Å². The number of Topliss-reactive ketones (excluding diaryl/α,β-unsaturated/α-hetero) is 1. The van der Waals surface area contributed by atoms with Crippen molar-refractivity contribution in [2.24, 2.45) is 7.05 Å². The van der Waals surface area contributed by atoms with Crippen LogP contribution in [0, 0.1) is 0 Å². The fourth-order valence-electron chi connectivity index (χ4n) is 2.02. The van der Waals surface area contributed by atoms with Gasteiger partial charge in [-0.3, -0.25) is 4.79 Å². The summed E-state index contributed by atoms with van der Waals surface area (Å²) in [5.74, 6) is -0.369. The van der Waals surface area contributed by atoms with Crippen molar-refractivity contribution in [3.63, 3.8) is 0 Å². The van der Waals surface area contributed by atoms with Gasteiger partial charge in [0.15, 0.2) is 15.6 Å². The fraction of sp³-hybridized carbons (Fsp3) is 0.357. The van der Waals surface area contributed by atoms with Gasteiger partial charge in [-0.05, 0) is 19.9 Å². The van der Waals surface area contributed by atoms with Gasteiger partial charge in [-0.25, -0.2) is 8.42 Å². The zero-order valence-corrected chi connectivity index (χ0v) is 12.3. The number of hydrogen-bond donors (Lipinski definition) is 0. The lowest BCUT2D eigenvalue weighted by molar-refractivity contribution is 0.0955. The molecule has 102 valence electrons. The first-order valence-electron chi connectivity index (χ1n) is 5.94. The zero-order chi connectivity index (χ0) is 14.4. The summed E-state index contributed by atoms with van der Waals surface area (Å²) in [6.07, 6.45) is 2.79. The second kappa shape index (κ2) is 4.20. The van der Waals surface area contributed by atoms with Crippen LogP contribution in [0.1, 0.15) is 24.2 Å². The smallest absolute Gasteiger partial charge is 0.185 e. The van der Waals surface area contributed by atoms with Gasteiger partial charge in [0.2, 0.25) is 0 Å². The molecule has 0 atom stereocenters. The average molecular weight is 279 g/mol. The van der Waals surface area contributed by atoms with Crippen molar-refractivity contribution in [3.05, 3.63) is 36.0 Å². The summed E-state index contributed by atoms with van der Waals surface area (Å²) in [6, 6.07) is 7.46. The van der Waals surface area contributed by atoms with Crippen LogP contribution in [-0.4, -0.2) is 29.8 Å². The molecule has 0 N–H and O–H groups in total. The van der Waals surface area contributed by atoms with Crippen LogP contribution in [0.15, 0.2) is 30.5 Å². The third kappa shape index (κ3) is 2.08. The topological polar surface area (TPSA) is 56.1 Å². The first-order valence-corrected chi connectivity index (χ1v) is 7.84. The molecule has 2 rings (SSSR count). The van der Waals surface area contributed by atoms with Gasteiger partial charge in [0.1, 0.15) is 4.75 Å². The molecule has 0 aliphatic carbocycles. The molecule has 0 spiro atoms. The molecule has 0 unspecified atom stereocenters. The Labute approximate surface area is 113 Å². The average Bonchev–Trinajstić information content (AvgIpc) is 2.65. The SMILES string of the molecule is Cn1cc(C(=O)C(C)(C)S(C)(=O)=O)c2ccccc21. The Morgan fingerprint density at radius 1 is 1.21 bits per heavy atom. The Balaban J connectivity index is 2.67. The first-order chi connectivity index (χ1) is 8.66. The van der Waals surface area contributed by atoms with E-state index in [0.29, 0.717) is 5.56 Å². The normalized spacial score (nSPS) is 12.8. The van der Waals surface area contributed by atoms with Crippen LogP contribution in [0.25, 0.3) is 10.9 Å². The van der Waals surface area contributed by atoms with Crippen molar-refractivity contribution in [1.29, 1.82) is 0 Å². The standard InChI is InChI=1S/C14H17NO3S/c1-14(2,19(4,17)18)13(16)11-9-15(3)12-8-6-5-7-10(11)12/h5-9H,1-4H3. The molecule has 5 heteroatoms. The molecule has 19 heavy (non-hydrogen) atoms. The highest BCUT2D eigenvalue weighted by Crippen LogP contribution is 2.27. The molecule has 0 aliphatic heterocycles. The second-order valence-electron chi connectivity index (χ2n) is 5.28. The number of ketones is 1. The van der Waals surface area contributed by atoms with E-state index in [1.54, 1.807) is 6.20 Å². The van der Waals surface area contributed by atoms with Gasteiger partial charge in [0, 0.05) is 36.0 Å². The molecule has 4 nitrogen and oxygen atoms in total. The number of benzene rings is 1. The van der Waals surface area contributed by atoms with Crippen molar-refractivity contribution >= 4 is 26.5 Å². The van der Waals surface area contributed by atoms with Crippen LogP contribution < -0.4 is 0 Å². The molecule has 2 aromatic rings. The minimum Gasteiger partial charge on any atom is -0.350 e. The van der Waals surface area contributed by atoms with Crippen molar-refractivity contribution in [3.8, 4) is 0 Å². The molecule has 0 amide bonds. The van der Waals surface area contributed by atoms with Gasteiger partial charge < -0.3 is 4.57 Å². The third-order valence-corrected chi connectivity index (χ3v) is 5.65. The Bertz CT molecular complexity index is 754. The van der Waals surface area contributed by atoms with Crippen LogP contribution >= 0.6 is 0 Å². The summed E-state index contributed by atoms with van der Waals surface area (Å²) in [5, 5.41) is 0.784. The van der Waals surface area contributed by atoms with E-state index in [4.69, 9.17) is 0 Å². The van der Waals surface area contributed by atoms with E-state index in [1.807, 2.05) is 35.9 Å². The number of carbonyl (C=O) groups excluding carboxylic acids is 1. The molecule has 1 aromatic heterocycles. The summed E-state index contributed by atoms with van der Waals surface area (Å²) in [7, 11) is -1.63. The zero-order valence-electron chi connectivity index (χ0n) is 11.5. The highest BCUT2D eigenvalue weighted by Gasteiger charge is 2.39. The Morgan fingerprint density at radius 2 is 1.79 bits per heavy atom. The quantitative estimate of drug-likeness (QED) is 0.809. The number of aryl methyl sites for hydroxylation is 1. The number of aromatic nitrogens is 1. The summed E-state index contributed by atoms with van der Waals surface area (Å²) in [6.45, 7) is 2.90. The van der Waals surface area contributed by atoms with Crippen LogP contribution in [0.5, 0.6) is 0 Å². The van der Waals surface area contributed by atoms with Crippen molar-refractivity contribution < 1.29 is 13.2 Å². The van der Waals surface area contributed by atoms with Gasteiger partial charge in [0.25, 0.3) is 0 Å². The van der Waals surface area contributed by atoms with Crippen LogP contribution in [0.3, 0.4) is 0 Å². The van der Waals surface area contributed by atoms with Crippen molar-refractivity contribution in [2.75, 3.05) is 6.26 Å². The predicted octanol–water partition coefficient (Wildman–Crippen LogP) is 2.18. The lowest BCUT2D eigenvalue weighted by Crippen LogP contribution is -2.39. The molecule has 1 aromatic carbocycles. The highest BCUT2D eigenvalue weighted by atomic mass is 32.2. The largest absolute Gasteiger partial charge is 0.350 e. The van der Waals surface area contributed by atoms with E-state index >= 15 is 0 Å². The minimum atomic E-state index is -3.47. The number of rotatable bonds is 3. The molecule has 0 radical (unpaired) electrons. The Kier molecular flexibility index (Phi) is 3.05. The van der Waals surface area contributed by atoms with E-state index in [9.17, 15) is 13.2 Å². The van der Waals surface area contributed by atoms with Crippen molar-refractivity contribution in [2.45, 2.75) is 18.6 Å². The lowest BCUT2D eigenvalue weighted by atomic mass is 10.00. The second-order valence-corrected chi connectivity index (χ2v) is 7.85. The Morgan fingerprint density at radius 3 is 2.37 bits per heavy atom.